The molecule has 9 heteroatoms. The summed E-state index contributed by atoms with van der Waals surface area (Å²) < 4.78 is 20.6. The highest BCUT2D eigenvalue weighted by atomic mass is 31.2. The number of phosphoric ester groups is 1. The topological polar surface area (TPSA) is 131 Å². The van der Waals surface area contributed by atoms with Crippen LogP contribution < -0.4 is 15.8 Å². The second-order valence-electron chi connectivity index (χ2n) is 5.50. The predicted octanol–water partition coefficient (Wildman–Crippen LogP) is 1.43. The van der Waals surface area contributed by atoms with Crippen LogP contribution >= 0.6 is 7.82 Å². The summed E-state index contributed by atoms with van der Waals surface area (Å²) in [6.07, 6.45) is 1.70. The molecule has 23 heavy (non-hydrogen) atoms. The van der Waals surface area contributed by atoms with Crippen molar-refractivity contribution in [3.05, 3.63) is 23.8 Å². The van der Waals surface area contributed by atoms with Gasteiger partial charge in [0.2, 0.25) is 0 Å². The first kappa shape index (κ1) is 17.7. The molecule has 5 N–H and O–H groups in total. The van der Waals surface area contributed by atoms with Gasteiger partial charge in [-0.25, -0.2) is 4.57 Å². The normalized spacial score (nSPS) is 21.7. The molecule has 0 atom stereocenters. The zero-order valence-electron chi connectivity index (χ0n) is 12.8. The van der Waals surface area contributed by atoms with Gasteiger partial charge in [0.05, 0.1) is 18.9 Å². The summed E-state index contributed by atoms with van der Waals surface area (Å²) >= 11 is 0. The Bertz CT molecular complexity index is 609. The molecule has 8 nitrogen and oxygen atoms in total. The van der Waals surface area contributed by atoms with Crippen molar-refractivity contribution in [2.24, 2.45) is 0 Å². The first-order valence-electron chi connectivity index (χ1n) is 7.27. The number of carbonyl (C=O) groups is 1. The molecule has 0 unspecified atom stereocenters. The van der Waals surface area contributed by atoms with Crippen molar-refractivity contribution in [1.29, 1.82) is 0 Å². The lowest BCUT2D eigenvalue weighted by atomic mass is 9.93. The minimum Gasteiger partial charge on any atom is -0.495 e. The van der Waals surface area contributed by atoms with Crippen LogP contribution in [0, 0.1) is 0 Å². The maximum absolute atomic E-state index is 12.2. The molecule has 0 aromatic heterocycles. The molecule has 128 valence electrons. The van der Waals surface area contributed by atoms with Crippen molar-refractivity contribution in [1.82, 2.24) is 5.32 Å². The highest BCUT2D eigenvalue weighted by Gasteiger charge is 2.28. The zero-order valence-corrected chi connectivity index (χ0v) is 13.7. The fourth-order valence-electron chi connectivity index (χ4n) is 2.63. The number of ether oxygens (including phenoxy) is 1. The number of nitrogens with one attached hydrogen (secondary N) is 1. The summed E-state index contributed by atoms with van der Waals surface area (Å²) in [5.74, 6) is 0.207. The Morgan fingerprint density at radius 1 is 1.30 bits per heavy atom. The molecule has 2 rings (SSSR count). The number of carbonyl (C=O) groups excluding carboxylic acids is 1. The van der Waals surface area contributed by atoms with Gasteiger partial charge in [0.25, 0.3) is 5.91 Å². The molecule has 1 aromatic carbocycles. The van der Waals surface area contributed by atoms with E-state index in [0.717, 1.165) is 0 Å². The van der Waals surface area contributed by atoms with E-state index in [1.165, 1.54) is 7.11 Å². The number of anilines is 1. The van der Waals surface area contributed by atoms with Crippen LogP contribution in [0.15, 0.2) is 18.2 Å². The molecule has 0 heterocycles. The van der Waals surface area contributed by atoms with Crippen LogP contribution in [0.2, 0.25) is 0 Å². The van der Waals surface area contributed by atoms with Crippen LogP contribution in [0.1, 0.15) is 36.0 Å². The fourth-order valence-corrected chi connectivity index (χ4v) is 3.23. The summed E-state index contributed by atoms with van der Waals surface area (Å²) in [5.41, 5.74) is 6.62. The van der Waals surface area contributed by atoms with Crippen molar-refractivity contribution >= 4 is 19.4 Å². The minimum absolute atomic E-state index is 0.0531. The van der Waals surface area contributed by atoms with Gasteiger partial charge in [0.1, 0.15) is 5.75 Å². The van der Waals surface area contributed by atoms with Crippen molar-refractivity contribution in [2.75, 3.05) is 12.8 Å². The van der Waals surface area contributed by atoms with Gasteiger partial charge in [0, 0.05) is 11.6 Å². The average Bonchev–Trinajstić information content (AvgIpc) is 2.48. The van der Waals surface area contributed by atoms with Crippen LogP contribution in [-0.2, 0) is 9.09 Å². The third kappa shape index (κ3) is 5.21. The molecule has 1 saturated carbocycles. The van der Waals surface area contributed by atoms with Crippen LogP contribution in [0.25, 0.3) is 0 Å². The Labute approximate surface area is 134 Å². The summed E-state index contributed by atoms with van der Waals surface area (Å²) in [5, 5.41) is 2.90. The van der Waals surface area contributed by atoms with Crippen LogP contribution in [0.5, 0.6) is 5.75 Å². The van der Waals surface area contributed by atoms with Gasteiger partial charge >= 0.3 is 7.82 Å². The third-order valence-electron chi connectivity index (χ3n) is 3.79. The number of nitrogen functional groups attached to an aromatic ring is 1. The molecule has 1 aliphatic carbocycles. The molecule has 1 amide bonds. The maximum Gasteiger partial charge on any atom is 0.469 e. The van der Waals surface area contributed by atoms with Crippen LogP contribution in [0.3, 0.4) is 0 Å². The summed E-state index contributed by atoms with van der Waals surface area (Å²) in [4.78, 5) is 29.8. The number of nitrogens with two attached hydrogens (primary N) is 1. The third-order valence-corrected chi connectivity index (χ3v) is 4.36. The fraction of sp³-hybridized carbons (Fsp3) is 0.500. The standard InChI is InChI=1S/C14H21N2O6P/c1-21-13-8-9(2-7-12(13)15)14(17)16-10-3-5-11(6-4-10)22-23(18,19)20/h2,7-8,10-11H,3-6,15H2,1H3,(H,16,17)(H2,18,19,20). The lowest BCUT2D eigenvalue weighted by Gasteiger charge is -2.29. The number of hydrogen-bond donors (Lipinski definition) is 4. The number of amides is 1. The summed E-state index contributed by atoms with van der Waals surface area (Å²) in [6, 6.07) is 4.75. The summed E-state index contributed by atoms with van der Waals surface area (Å²) in [7, 11) is -2.97. The van der Waals surface area contributed by atoms with Gasteiger partial charge in [-0.05, 0) is 43.9 Å². The Hall–Kier alpha value is -1.60. The molecule has 1 fully saturated rings. The van der Waals surface area contributed by atoms with E-state index in [1.807, 2.05) is 0 Å². The smallest absolute Gasteiger partial charge is 0.469 e. The molecule has 0 saturated heterocycles. The Morgan fingerprint density at radius 3 is 2.52 bits per heavy atom. The van der Waals surface area contributed by atoms with Gasteiger partial charge in [-0.3, -0.25) is 9.32 Å². The van der Waals surface area contributed by atoms with Gasteiger partial charge in [-0.15, -0.1) is 0 Å². The number of hydrogen-bond acceptors (Lipinski definition) is 5. The first-order chi connectivity index (χ1) is 10.8. The Balaban J connectivity index is 1.89. The molecule has 0 spiro atoms. The largest absolute Gasteiger partial charge is 0.495 e. The first-order valence-corrected chi connectivity index (χ1v) is 8.80. The van der Waals surface area contributed by atoms with Gasteiger partial charge in [0.15, 0.2) is 0 Å². The van der Waals surface area contributed by atoms with Gasteiger partial charge in [-0.1, -0.05) is 0 Å². The number of rotatable bonds is 5. The summed E-state index contributed by atoms with van der Waals surface area (Å²) in [6.45, 7) is 0. The SMILES string of the molecule is COc1cc(C(=O)NC2CCC(OP(=O)(O)O)CC2)ccc1N. The van der Waals surface area contributed by atoms with Crippen LogP contribution in [-0.4, -0.2) is 34.9 Å². The monoisotopic (exact) mass is 344 g/mol. The molecular weight excluding hydrogens is 323 g/mol. The molecule has 1 aromatic rings. The zero-order chi connectivity index (χ0) is 17.0. The minimum atomic E-state index is -4.46. The van der Waals surface area contributed by atoms with E-state index in [4.69, 9.17) is 20.3 Å². The van der Waals surface area contributed by atoms with Gasteiger partial charge in [-0.2, -0.15) is 0 Å². The van der Waals surface area contributed by atoms with Crippen molar-refractivity contribution in [3.63, 3.8) is 0 Å². The Kier molecular flexibility index (Phi) is 5.64. The molecule has 1 aliphatic rings. The van der Waals surface area contributed by atoms with E-state index in [9.17, 15) is 9.36 Å². The number of phosphoric acid groups is 1. The second-order valence-corrected chi connectivity index (χ2v) is 6.69. The van der Waals surface area contributed by atoms with Crippen molar-refractivity contribution in [3.8, 4) is 5.75 Å². The van der Waals surface area contributed by atoms with Crippen molar-refractivity contribution in [2.45, 2.75) is 37.8 Å². The lowest BCUT2D eigenvalue weighted by Crippen LogP contribution is -2.39. The maximum atomic E-state index is 12.2. The molecule has 0 radical (unpaired) electrons. The average molecular weight is 344 g/mol. The van der Waals surface area contributed by atoms with E-state index >= 15 is 0 Å². The molecular formula is C14H21N2O6P. The van der Waals surface area contributed by atoms with E-state index in [0.29, 0.717) is 42.7 Å². The van der Waals surface area contributed by atoms with E-state index in [-0.39, 0.29) is 11.9 Å². The number of benzene rings is 1. The second kappa shape index (κ2) is 7.31. The highest BCUT2D eigenvalue weighted by molar-refractivity contribution is 7.46. The lowest BCUT2D eigenvalue weighted by molar-refractivity contribution is 0.0820. The van der Waals surface area contributed by atoms with Gasteiger partial charge < -0.3 is 25.6 Å². The molecule has 0 bridgehead atoms. The highest BCUT2D eigenvalue weighted by Crippen LogP contribution is 2.40. The predicted molar refractivity (Wildman–Crippen MR) is 84.0 cm³/mol. The van der Waals surface area contributed by atoms with Crippen LogP contribution in [0.4, 0.5) is 5.69 Å². The Morgan fingerprint density at radius 2 is 1.96 bits per heavy atom. The van der Waals surface area contributed by atoms with Crippen molar-refractivity contribution < 1.29 is 28.4 Å². The van der Waals surface area contributed by atoms with E-state index < -0.39 is 13.9 Å². The van der Waals surface area contributed by atoms with E-state index in [1.54, 1.807) is 18.2 Å². The number of methoxy groups -OCH3 is 1. The van der Waals surface area contributed by atoms with E-state index in [2.05, 4.69) is 9.84 Å². The molecule has 0 aliphatic heterocycles. The quantitative estimate of drug-likeness (QED) is 0.469.